The Labute approximate surface area is 104 Å². The summed E-state index contributed by atoms with van der Waals surface area (Å²) in [4.78, 5) is 13.7. The van der Waals surface area contributed by atoms with Gasteiger partial charge < -0.3 is 10.6 Å². The van der Waals surface area contributed by atoms with Crippen LogP contribution in [0.3, 0.4) is 0 Å². The normalized spacial score (nSPS) is 19.7. The topological polar surface area (TPSA) is 46.3 Å². The Bertz CT molecular complexity index is 464. The van der Waals surface area contributed by atoms with Crippen molar-refractivity contribution in [3.8, 4) is 0 Å². The van der Waals surface area contributed by atoms with Crippen LogP contribution < -0.4 is 5.73 Å². The third-order valence-electron chi connectivity index (χ3n) is 2.99. The zero-order chi connectivity index (χ0) is 12.6. The molecule has 17 heavy (non-hydrogen) atoms. The molecule has 1 aromatic rings. The average molecular weight is 257 g/mol. The van der Waals surface area contributed by atoms with E-state index in [-0.39, 0.29) is 12.5 Å². The van der Waals surface area contributed by atoms with E-state index in [4.69, 9.17) is 17.3 Å². The molecule has 1 aliphatic rings. The van der Waals surface area contributed by atoms with Gasteiger partial charge in [0.2, 0.25) is 0 Å². The van der Waals surface area contributed by atoms with Crippen LogP contribution in [0.1, 0.15) is 22.3 Å². The summed E-state index contributed by atoms with van der Waals surface area (Å²) in [5.74, 6) is -0.176. The molecule has 1 atom stereocenters. The highest BCUT2D eigenvalue weighted by Gasteiger charge is 2.27. The molecule has 1 unspecified atom stereocenters. The number of nitrogens with zero attached hydrogens (tertiary/aromatic N) is 1. The van der Waals surface area contributed by atoms with Crippen molar-refractivity contribution in [1.82, 2.24) is 4.90 Å². The van der Waals surface area contributed by atoms with Gasteiger partial charge in [0.15, 0.2) is 0 Å². The molecule has 92 valence electrons. The quantitative estimate of drug-likeness (QED) is 0.785. The second-order valence-electron chi connectivity index (χ2n) is 4.33. The Morgan fingerprint density at radius 1 is 1.59 bits per heavy atom. The molecule has 3 nitrogen and oxygen atoms in total. The van der Waals surface area contributed by atoms with Crippen LogP contribution >= 0.6 is 11.6 Å². The molecule has 0 bridgehead atoms. The second-order valence-corrected chi connectivity index (χ2v) is 4.73. The van der Waals surface area contributed by atoms with E-state index in [1.54, 1.807) is 19.1 Å². The van der Waals surface area contributed by atoms with Crippen LogP contribution in [0.4, 0.5) is 10.1 Å². The first-order chi connectivity index (χ1) is 7.99. The summed E-state index contributed by atoms with van der Waals surface area (Å²) in [5.41, 5.74) is 7.36. The number of benzene rings is 1. The minimum absolute atomic E-state index is 0.167. The third kappa shape index (κ3) is 2.36. The summed E-state index contributed by atoms with van der Waals surface area (Å²) in [5, 5.41) is 0.356. The molecule has 5 heteroatoms. The van der Waals surface area contributed by atoms with Gasteiger partial charge in [0.05, 0.1) is 17.3 Å². The van der Waals surface area contributed by atoms with E-state index in [0.717, 1.165) is 5.56 Å². The molecule has 1 heterocycles. The minimum atomic E-state index is -0.913. The summed E-state index contributed by atoms with van der Waals surface area (Å²) in [7, 11) is 0. The van der Waals surface area contributed by atoms with Crippen molar-refractivity contribution in [1.29, 1.82) is 0 Å². The van der Waals surface area contributed by atoms with Crippen LogP contribution in [0, 0.1) is 6.92 Å². The molecule has 2 N–H and O–H groups in total. The van der Waals surface area contributed by atoms with Crippen LogP contribution in [-0.4, -0.2) is 30.1 Å². The molecule has 1 fully saturated rings. The molecule has 2 rings (SSSR count). The highest BCUT2D eigenvalue weighted by molar-refractivity contribution is 6.33. The van der Waals surface area contributed by atoms with Gasteiger partial charge in [-0.05, 0) is 31.0 Å². The van der Waals surface area contributed by atoms with Crippen LogP contribution in [0.5, 0.6) is 0 Å². The van der Waals surface area contributed by atoms with Crippen molar-refractivity contribution in [2.24, 2.45) is 0 Å². The first kappa shape index (κ1) is 12.2. The van der Waals surface area contributed by atoms with E-state index in [1.807, 2.05) is 0 Å². The molecule has 0 spiro atoms. The number of anilines is 1. The van der Waals surface area contributed by atoms with Crippen molar-refractivity contribution in [2.45, 2.75) is 19.5 Å². The molecular formula is C12H14ClFN2O. The largest absolute Gasteiger partial charge is 0.398 e. The average Bonchev–Trinajstić information content (AvgIpc) is 2.69. The number of hydrogen-bond acceptors (Lipinski definition) is 2. The third-order valence-corrected chi connectivity index (χ3v) is 3.32. The molecule has 1 aliphatic heterocycles. The van der Waals surface area contributed by atoms with Crippen molar-refractivity contribution in [3.63, 3.8) is 0 Å². The molecule has 1 aromatic carbocycles. The van der Waals surface area contributed by atoms with Gasteiger partial charge in [-0.2, -0.15) is 0 Å². The lowest BCUT2D eigenvalue weighted by Crippen LogP contribution is -2.29. The van der Waals surface area contributed by atoms with Gasteiger partial charge in [-0.15, -0.1) is 0 Å². The molecular weight excluding hydrogens is 243 g/mol. The number of likely N-dealkylation sites (tertiary alicyclic amines) is 1. The Morgan fingerprint density at radius 2 is 2.29 bits per heavy atom. The van der Waals surface area contributed by atoms with Gasteiger partial charge in [-0.25, -0.2) is 4.39 Å². The lowest BCUT2D eigenvalue weighted by atomic mass is 10.1. The first-order valence-corrected chi connectivity index (χ1v) is 5.86. The fourth-order valence-corrected chi connectivity index (χ4v) is 2.17. The number of nitrogen functional groups attached to an aromatic ring is 1. The SMILES string of the molecule is Cc1cc(N)c(Cl)cc1C(=O)N1CCC(F)C1. The van der Waals surface area contributed by atoms with Crippen LogP contribution in [-0.2, 0) is 0 Å². The van der Waals surface area contributed by atoms with Crippen molar-refractivity contribution in [2.75, 3.05) is 18.8 Å². The predicted molar refractivity (Wildman–Crippen MR) is 66.0 cm³/mol. The predicted octanol–water partition coefficient (Wildman–Crippen LogP) is 2.41. The van der Waals surface area contributed by atoms with E-state index >= 15 is 0 Å². The van der Waals surface area contributed by atoms with Gasteiger partial charge in [-0.3, -0.25) is 4.79 Å². The monoisotopic (exact) mass is 256 g/mol. The number of aryl methyl sites for hydroxylation is 1. The van der Waals surface area contributed by atoms with Crippen LogP contribution in [0.25, 0.3) is 0 Å². The number of nitrogens with two attached hydrogens (primary N) is 1. The fourth-order valence-electron chi connectivity index (χ4n) is 2.01. The van der Waals surface area contributed by atoms with Crippen molar-refractivity contribution >= 4 is 23.2 Å². The van der Waals surface area contributed by atoms with Gasteiger partial charge in [-0.1, -0.05) is 11.6 Å². The summed E-state index contributed by atoms with van der Waals surface area (Å²) in [6.07, 6.45) is -0.503. The summed E-state index contributed by atoms with van der Waals surface area (Å²) in [6.45, 7) is 2.42. The van der Waals surface area contributed by atoms with E-state index in [1.165, 1.54) is 4.90 Å². The Morgan fingerprint density at radius 3 is 2.88 bits per heavy atom. The Hall–Kier alpha value is -1.29. The number of carbonyl (C=O) groups excluding carboxylic acids is 1. The lowest BCUT2D eigenvalue weighted by molar-refractivity contribution is 0.0782. The van der Waals surface area contributed by atoms with Gasteiger partial charge in [0, 0.05) is 12.1 Å². The van der Waals surface area contributed by atoms with Crippen molar-refractivity contribution in [3.05, 3.63) is 28.3 Å². The number of amides is 1. The Kier molecular flexibility index (Phi) is 3.24. The van der Waals surface area contributed by atoms with Crippen molar-refractivity contribution < 1.29 is 9.18 Å². The highest BCUT2D eigenvalue weighted by atomic mass is 35.5. The molecule has 0 radical (unpaired) electrons. The summed E-state index contributed by atoms with van der Waals surface area (Å²) < 4.78 is 13.1. The van der Waals surface area contributed by atoms with E-state index in [2.05, 4.69) is 0 Å². The van der Waals surface area contributed by atoms with Crippen LogP contribution in [0.15, 0.2) is 12.1 Å². The fraction of sp³-hybridized carbons (Fsp3) is 0.417. The number of halogens is 2. The molecule has 1 amide bonds. The summed E-state index contributed by atoms with van der Waals surface area (Å²) in [6, 6.07) is 3.22. The van der Waals surface area contributed by atoms with Gasteiger partial charge in [0.25, 0.3) is 5.91 Å². The lowest BCUT2D eigenvalue weighted by Gasteiger charge is -2.17. The summed E-state index contributed by atoms with van der Waals surface area (Å²) >= 11 is 5.90. The smallest absolute Gasteiger partial charge is 0.254 e. The maximum Gasteiger partial charge on any atom is 0.254 e. The molecule has 0 aromatic heterocycles. The number of rotatable bonds is 1. The molecule has 0 saturated carbocycles. The zero-order valence-corrected chi connectivity index (χ0v) is 10.3. The first-order valence-electron chi connectivity index (χ1n) is 5.48. The number of hydrogen-bond donors (Lipinski definition) is 1. The van der Waals surface area contributed by atoms with E-state index in [9.17, 15) is 9.18 Å². The molecule has 1 saturated heterocycles. The van der Waals surface area contributed by atoms with E-state index in [0.29, 0.717) is 29.2 Å². The van der Waals surface area contributed by atoms with Crippen LogP contribution in [0.2, 0.25) is 5.02 Å². The zero-order valence-electron chi connectivity index (χ0n) is 9.54. The number of carbonyl (C=O) groups is 1. The maximum atomic E-state index is 13.1. The second kappa shape index (κ2) is 4.53. The van der Waals surface area contributed by atoms with Gasteiger partial charge in [0.1, 0.15) is 6.17 Å². The number of alkyl halides is 1. The Balaban J connectivity index is 2.28. The van der Waals surface area contributed by atoms with E-state index < -0.39 is 6.17 Å². The molecule has 0 aliphatic carbocycles. The minimum Gasteiger partial charge on any atom is -0.398 e. The highest BCUT2D eigenvalue weighted by Crippen LogP contribution is 2.25. The standard InChI is InChI=1S/C12H14ClFN2O/c1-7-4-11(15)10(13)5-9(7)12(17)16-3-2-8(14)6-16/h4-5,8H,2-3,6,15H2,1H3. The maximum absolute atomic E-state index is 13.1. The van der Waals surface area contributed by atoms with Gasteiger partial charge >= 0.3 is 0 Å².